The molecule has 88 valence electrons. The lowest BCUT2D eigenvalue weighted by Gasteiger charge is -2.03. The standard InChI is InChI=1S/C12H13N3O2/c1-9-3-5-11(6-4-9)7-14-8-12(15(16)17)13-10(14)2/h3-6,8H,7H2,1-2H3. The number of aryl methyl sites for hydroxylation is 2. The molecule has 2 aromatic rings. The molecule has 0 bridgehead atoms. The van der Waals surface area contributed by atoms with Crippen LogP contribution < -0.4 is 0 Å². The Morgan fingerprint density at radius 3 is 2.47 bits per heavy atom. The van der Waals surface area contributed by atoms with Crippen LogP contribution >= 0.6 is 0 Å². The summed E-state index contributed by atoms with van der Waals surface area (Å²) >= 11 is 0. The second-order valence-corrected chi connectivity index (χ2v) is 4.02. The van der Waals surface area contributed by atoms with Gasteiger partial charge in [0, 0.05) is 6.92 Å². The van der Waals surface area contributed by atoms with Crippen molar-refractivity contribution in [1.29, 1.82) is 0 Å². The fraction of sp³-hybridized carbons (Fsp3) is 0.250. The van der Waals surface area contributed by atoms with E-state index in [1.165, 1.54) is 11.8 Å². The molecule has 1 aromatic heterocycles. The van der Waals surface area contributed by atoms with E-state index in [9.17, 15) is 10.1 Å². The summed E-state index contributed by atoms with van der Waals surface area (Å²) in [5.74, 6) is 0.548. The quantitative estimate of drug-likeness (QED) is 0.602. The second-order valence-electron chi connectivity index (χ2n) is 4.02. The molecule has 17 heavy (non-hydrogen) atoms. The molecule has 1 heterocycles. The molecule has 0 aliphatic rings. The van der Waals surface area contributed by atoms with Crippen LogP contribution in [0.4, 0.5) is 5.82 Å². The van der Waals surface area contributed by atoms with Gasteiger partial charge in [0.25, 0.3) is 0 Å². The van der Waals surface area contributed by atoms with E-state index in [1.807, 2.05) is 31.2 Å². The fourth-order valence-corrected chi connectivity index (χ4v) is 1.63. The molecule has 2 rings (SSSR count). The first-order chi connectivity index (χ1) is 8.06. The number of benzene rings is 1. The number of nitro groups is 1. The number of nitrogens with zero attached hydrogens (tertiary/aromatic N) is 3. The summed E-state index contributed by atoms with van der Waals surface area (Å²) < 4.78 is 1.78. The highest BCUT2D eigenvalue weighted by atomic mass is 16.6. The molecule has 0 aliphatic heterocycles. The second kappa shape index (κ2) is 4.37. The van der Waals surface area contributed by atoms with Crippen LogP contribution in [-0.2, 0) is 6.54 Å². The molecule has 0 aliphatic carbocycles. The first-order valence-electron chi connectivity index (χ1n) is 5.30. The maximum Gasteiger partial charge on any atom is 0.381 e. The summed E-state index contributed by atoms with van der Waals surface area (Å²) in [7, 11) is 0. The minimum atomic E-state index is -0.474. The van der Waals surface area contributed by atoms with Crippen LogP contribution in [0.3, 0.4) is 0 Å². The van der Waals surface area contributed by atoms with E-state index in [0.717, 1.165) is 5.56 Å². The van der Waals surface area contributed by atoms with Crippen LogP contribution in [-0.4, -0.2) is 14.5 Å². The van der Waals surface area contributed by atoms with Crippen LogP contribution in [0.15, 0.2) is 30.5 Å². The number of rotatable bonds is 3. The predicted molar refractivity (Wildman–Crippen MR) is 63.9 cm³/mol. The van der Waals surface area contributed by atoms with Crippen LogP contribution in [0.5, 0.6) is 0 Å². The van der Waals surface area contributed by atoms with Crippen LogP contribution in [0.1, 0.15) is 17.0 Å². The van der Waals surface area contributed by atoms with Crippen molar-refractivity contribution in [2.45, 2.75) is 20.4 Å². The molecular weight excluding hydrogens is 218 g/mol. The largest absolute Gasteiger partial charge is 0.381 e. The lowest BCUT2D eigenvalue weighted by Crippen LogP contribution is -2.00. The summed E-state index contributed by atoms with van der Waals surface area (Å²) in [6, 6.07) is 8.08. The Morgan fingerprint density at radius 2 is 1.94 bits per heavy atom. The lowest BCUT2D eigenvalue weighted by molar-refractivity contribution is -0.389. The van der Waals surface area contributed by atoms with Crippen molar-refractivity contribution in [2.75, 3.05) is 0 Å². The molecule has 0 fully saturated rings. The highest BCUT2D eigenvalue weighted by Crippen LogP contribution is 2.13. The Kier molecular flexibility index (Phi) is 2.91. The topological polar surface area (TPSA) is 61.0 Å². The van der Waals surface area contributed by atoms with E-state index >= 15 is 0 Å². The Bertz CT molecular complexity index is 543. The summed E-state index contributed by atoms with van der Waals surface area (Å²) in [6.07, 6.45) is 1.47. The number of hydrogen-bond acceptors (Lipinski definition) is 3. The molecule has 0 N–H and O–H groups in total. The Balaban J connectivity index is 2.24. The molecule has 0 saturated carbocycles. The maximum atomic E-state index is 10.6. The number of aromatic nitrogens is 2. The zero-order valence-corrected chi connectivity index (χ0v) is 9.75. The molecule has 1 aromatic carbocycles. The third kappa shape index (κ3) is 2.50. The van der Waals surface area contributed by atoms with Gasteiger partial charge in [-0.15, -0.1) is 0 Å². The summed E-state index contributed by atoms with van der Waals surface area (Å²) in [5.41, 5.74) is 2.30. The first-order valence-corrected chi connectivity index (χ1v) is 5.30. The Morgan fingerprint density at radius 1 is 1.29 bits per heavy atom. The van der Waals surface area contributed by atoms with E-state index in [0.29, 0.717) is 12.4 Å². The zero-order chi connectivity index (χ0) is 12.4. The number of imidazole rings is 1. The van der Waals surface area contributed by atoms with Crippen molar-refractivity contribution in [3.63, 3.8) is 0 Å². The van der Waals surface area contributed by atoms with E-state index in [-0.39, 0.29) is 5.82 Å². The SMILES string of the molecule is Cc1ccc(Cn2cc([N+](=O)[O-])nc2C)cc1. The van der Waals surface area contributed by atoms with Gasteiger partial charge in [-0.25, -0.2) is 0 Å². The van der Waals surface area contributed by atoms with Crippen molar-refractivity contribution in [3.8, 4) is 0 Å². The molecule has 0 amide bonds. The van der Waals surface area contributed by atoms with Crippen LogP contribution in [0, 0.1) is 24.0 Å². The van der Waals surface area contributed by atoms with Crippen LogP contribution in [0.2, 0.25) is 0 Å². The molecule has 0 unspecified atom stereocenters. The van der Waals surface area contributed by atoms with E-state index in [1.54, 1.807) is 11.5 Å². The fourth-order valence-electron chi connectivity index (χ4n) is 1.63. The minimum Gasteiger partial charge on any atom is -0.358 e. The molecule has 0 saturated heterocycles. The van der Waals surface area contributed by atoms with Gasteiger partial charge in [0.1, 0.15) is 6.20 Å². The molecule has 0 atom stereocenters. The van der Waals surface area contributed by atoms with Gasteiger partial charge in [-0.3, -0.25) is 0 Å². The average molecular weight is 231 g/mol. The van der Waals surface area contributed by atoms with E-state index in [2.05, 4.69) is 4.98 Å². The Labute approximate surface area is 98.9 Å². The van der Waals surface area contributed by atoms with Gasteiger partial charge in [-0.05, 0) is 22.4 Å². The minimum absolute atomic E-state index is 0.102. The monoisotopic (exact) mass is 231 g/mol. The molecule has 0 radical (unpaired) electrons. The summed E-state index contributed by atoms with van der Waals surface area (Å²) in [6.45, 7) is 4.39. The zero-order valence-electron chi connectivity index (χ0n) is 9.75. The maximum absolute atomic E-state index is 10.6. The molecule has 0 spiro atoms. The molecular formula is C12H13N3O2. The van der Waals surface area contributed by atoms with Crippen molar-refractivity contribution in [2.24, 2.45) is 0 Å². The smallest absolute Gasteiger partial charge is 0.358 e. The molecule has 5 heteroatoms. The predicted octanol–water partition coefficient (Wildman–Crippen LogP) is 2.46. The van der Waals surface area contributed by atoms with Gasteiger partial charge in [0.05, 0.1) is 6.54 Å². The first kappa shape index (κ1) is 11.3. The van der Waals surface area contributed by atoms with Gasteiger partial charge in [-0.1, -0.05) is 29.8 Å². The normalized spacial score (nSPS) is 10.5. The highest BCUT2D eigenvalue weighted by Gasteiger charge is 2.14. The third-order valence-electron chi connectivity index (χ3n) is 2.62. The molecule has 5 nitrogen and oxygen atoms in total. The van der Waals surface area contributed by atoms with Crippen molar-refractivity contribution >= 4 is 5.82 Å². The van der Waals surface area contributed by atoms with Crippen molar-refractivity contribution < 1.29 is 4.92 Å². The summed E-state index contributed by atoms with van der Waals surface area (Å²) in [4.78, 5) is 14.0. The number of hydrogen-bond donors (Lipinski definition) is 0. The van der Waals surface area contributed by atoms with Gasteiger partial charge >= 0.3 is 5.82 Å². The van der Waals surface area contributed by atoms with E-state index in [4.69, 9.17) is 0 Å². The third-order valence-corrected chi connectivity index (χ3v) is 2.62. The summed E-state index contributed by atoms with van der Waals surface area (Å²) in [5, 5.41) is 10.6. The van der Waals surface area contributed by atoms with E-state index < -0.39 is 4.92 Å². The van der Waals surface area contributed by atoms with Gasteiger partial charge in [-0.2, -0.15) is 0 Å². The van der Waals surface area contributed by atoms with Gasteiger partial charge < -0.3 is 14.7 Å². The van der Waals surface area contributed by atoms with Gasteiger partial charge in [0.2, 0.25) is 5.82 Å². The Hall–Kier alpha value is -2.17. The van der Waals surface area contributed by atoms with Crippen LogP contribution in [0.25, 0.3) is 0 Å². The average Bonchev–Trinajstić information content (AvgIpc) is 2.64. The van der Waals surface area contributed by atoms with Crippen molar-refractivity contribution in [1.82, 2.24) is 9.55 Å². The highest BCUT2D eigenvalue weighted by molar-refractivity contribution is 5.23. The lowest BCUT2D eigenvalue weighted by atomic mass is 10.1. The van der Waals surface area contributed by atoms with Gasteiger partial charge in [0.15, 0.2) is 0 Å². The van der Waals surface area contributed by atoms with Crippen molar-refractivity contribution in [3.05, 3.63) is 57.5 Å².